The van der Waals surface area contributed by atoms with Crippen LogP contribution in [0.25, 0.3) is 0 Å². The SMILES string of the molecule is COc1ccc(Br)cc1S(=O)(=O)N[C@@H](Cc1ccccc1)C(=O)OC[C@H](Cc1ccccc1)NC(=O)c1ccccc1. The second kappa shape index (κ2) is 14.8. The fourth-order valence-corrected chi connectivity index (χ4v) is 6.22. The van der Waals surface area contributed by atoms with Gasteiger partial charge in [0.15, 0.2) is 0 Å². The maximum Gasteiger partial charge on any atom is 0.324 e. The molecule has 0 aliphatic heterocycles. The first-order chi connectivity index (χ1) is 20.2. The van der Waals surface area contributed by atoms with Gasteiger partial charge in [-0.25, -0.2) is 8.42 Å². The highest BCUT2D eigenvalue weighted by atomic mass is 79.9. The highest BCUT2D eigenvalue weighted by Crippen LogP contribution is 2.27. The first kappa shape index (κ1) is 31.0. The van der Waals surface area contributed by atoms with Crippen LogP contribution in [0.1, 0.15) is 21.5 Å². The molecule has 0 heterocycles. The van der Waals surface area contributed by atoms with E-state index in [1.807, 2.05) is 42.5 Å². The van der Waals surface area contributed by atoms with Gasteiger partial charge in [0, 0.05) is 10.0 Å². The van der Waals surface area contributed by atoms with Crippen molar-refractivity contribution in [1.29, 1.82) is 0 Å². The van der Waals surface area contributed by atoms with Gasteiger partial charge in [0.05, 0.1) is 13.2 Å². The average Bonchev–Trinajstić information content (AvgIpc) is 3.00. The Morgan fingerprint density at radius 2 is 1.38 bits per heavy atom. The first-order valence-corrected chi connectivity index (χ1v) is 15.5. The van der Waals surface area contributed by atoms with E-state index in [-0.39, 0.29) is 29.6 Å². The molecule has 0 aliphatic carbocycles. The Morgan fingerprint density at radius 3 is 1.98 bits per heavy atom. The molecule has 42 heavy (non-hydrogen) atoms. The van der Waals surface area contributed by atoms with Crippen molar-refractivity contribution in [3.8, 4) is 5.75 Å². The third kappa shape index (κ3) is 8.75. The Balaban J connectivity index is 1.55. The summed E-state index contributed by atoms with van der Waals surface area (Å²) in [5.74, 6) is -0.955. The van der Waals surface area contributed by atoms with Crippen molar-refractivity contribution < 1.29 is 27.5 Å². The maximum absolute atomic E-state index is 13.5. The molecule has 0 saturated carbocycles. The van der Waals surface area contributed by atoms with Gasteiger partial charge in [-0.05, 0) is 54.3 Å². The molecule has 4 aromatic carbocycles. The number of hydrogen-bond acceptors (Lipinski definition) is 6. The molecule has 2 N–H and O–H groups in total. The Labute approximate surface area is 254 Å². The predicted molar refractivity (Wildman–Crippen MR) is 164 cm³/mol. The molecule has 8 nitrogen and oxygen atoms in total. The van der Waals surface area contributed by atoms with Crippen LogP contribution in [-0.4, -0.2) is 46.1 Å². The van der Waals surface area contributed by atoms with Crippen LogP contribution in [0, 0.1) is 0 Å². The Hall–Kier alpha value is -3.99. The van der Waals surface area contributed by atoms with Crippen LogP contribution < -0.4 is 14.8 Å². The largest absolute Gasteiger partial charge is 0.495 e. The number of carbonyl (C=O) groups excluding carboxylic acids is 2. The van der Waals surface area contributed by atoms with E-state index >= 15 is 0 Å². The molecule has 0 saturated heterocycles. The van der Waals surface area contributed by atoms with Gasteiger partial charge in [0.1, 0.15) is 23.3 Å². The lowest BCUT2D eigenvalue weighted by atomic mass is 10.1. The average molecular weight is 652 g/mol. The van der Waals surface area contributed by atoms with Crippen molar-refractivity contribution >= 4 is 37.8 Å². The van der Waals surface area contributed by atoms with E-state index in [1.165, 1.54) is 19.2 Å². The molecule has 0 bridgehead atoms. The molecule has 0 radical (unpaired) electrons. The molecule has 1 amide bonds. The summed E-state index contributed by atoms with van der Waals surface area (Å²) >= 11 is 3.30. The van der Waals surface area contributed by atoms with Crippen molar-refractivity contribution in [3.05, 3.63) is 130 Å². The second-order valence-electron chi connectivity index (χ2n) is 9.51. The number of nitrogens with one attached hydrogen (secondary N) is 2. The van der Waals surface area contributed by atoms with Gasteiger partial charge in [0.2, 0.25) is 10.0 Å². The minimum atomic E-state index is -4.21. The summed E-state index contributed by atoms with van der Waals surface area (Å²) in [6.07, 6.45) is 0.450. The molecule has 0 aromatic heterocycles. The van der Waals surface area contributed by atoms with Crippen LogP contribution in [0.4, 0.5) is 0 Å². The predicted octanol–water partition coefficient (Wildman–Crippen LogP) is 4.93. The molecule has 4 rings (SSSR count). The number of rotatable bonds is 13. The van der Waals surface area contributed by atoms with Crippen LogP contribution in [0.5, 0.6) is 5.75 Å². The smallest absolute Gasteiger partial charge is 0.324 e. The molecule has 0 aliphatic rings. The van der Waals surface area contributed by atoms with E-state index in [9.17, 15) is 18.0 Å². The lowest BCUT2D eigenvalue weighted by Gasteiger charge is -2.22. The quantitative estimate of drug-likeness (QED) is 0.199. The van der Waals surface area contributed by atoms with Crippen LogP contribution in [-0.2, 0) is 32.4 Å². The van der Waals surface area contributed by atoms with Crippen LogP contribution in [0.2, 0.25) is 0 Å². The highest BCUT2D eigenvalue weighted by Gasteiger charge is 2.30. The minimum absolute atomic E-state index is 0.0505. The Morgan fingerprint density at radius 1 is 0.810 bits per heavy atom. The topological polar surface area (TPSA) is 111 Å². The van der Waals surface area contributed by atoms with Crippen molar-refractivity contribution in [2.24, 2.45) is 0 Å². The van der Waals surface area contributed by atoms with E-state index in [0.717, 1.165) is 11.1 Å². The van der Waals surface area contributed by atoms with E-state index < -0.39 is 28.1 Å². The third-order valence-corrected chi connectivity index (χ3v) is 8.39. The number of ether oxygens (including phenoxy) is 2. The summed E-state index contributed by atoms with van der Waals surface area (Å²) in [5.41, 5.74) is 2.15. The number of methoxy groups -OCH3 is 1. The summed E-state index contributed by atoms with van der Waals surface area (Å²) in [6, 6.07) is 30.0. The summed E-state index contributed by atoms with van der Waals surface area (Å²) in [4.78, 5) is 26.3. The maximum atomic E-state index is 13.5. The monoisotopic (exact) mass is 650 g/mol. The number of amides is 1. The zero-order valence-electron chi connectivity index (χ0n) is 22.9. The van der Waals surface area contributed by atoms with Gasteiger partial charge < -0.3 is 14.8 Å². The van der Waals surface area contributed by atoms with E-state index in [2.05, 4.69) is 26.0 Å². The number of sulfonamides is 1. The minimum Gasteiger partial charge on any atom is -0.495 e. The summed E-state index contributed by atoms with van der Waals surface area (Å²) < 4.78 is 40.9. The molecule has 0 fully saturated rings. The van der Waals surface area contributed by atoms with Crippen LogP contribution in [0.3, 0.4) is 0 Å². The summed E-state index contributed by atoms with van der Waals surface area (Å²) in [5, 5.41) is 2.94. The second-order valence-corrected chi connectivity index (χ2v) is 12.1. The number of carbonyl (C=O) groups is 2. The molecule has 0 spiro atoms. The van der Waals surface area contributed by atoms with E-state index in [1.54, 1.807) is 54.6 Å². The number of benzene rings is 4. The zero-order chi connectivity index (χ0) is 30.0. The molecule has 218 valence electrons. The first-order valence-electron chi connectivity index (χ1n) is 13.2. The molecule has 0 unspecified atom stereocenters. The Bertz CT molecular complexity index is 1590. The van der Waals surface area contributed by atoms with E-state index in [0.29, 0.717) is 16.5 Å². The van der Waals surface area contributed by atoms with Crippen molar-refractivity contribution in [2.75, 3.05) is 13.7 Å². The Kier molecular flexibility index (Phi) is 10.9. The number of esters is 1. The van der Waals surface area contributed by atoms with Crippen LogP contribution in [0.15, 0.2) is 119 Å². The third-order valence-electron chi connectivity index (χ3n) is 6.40. The zero-order valence-corrected chi connectivity index (χ0v) is 25.3. The van der Waals surface area contributed by atoms with Crippen molar-refractivity contribution in [2.45, 2.75) is 29.8 Å². The number of hydrogen-bond donors (Lipinski definition) is 2. The van der Waals surface area contributed by atoms with Gasteiger partial charge in [0.25, 0.3) is 5.91 Å². The van der Waals surface area contributed by atoms with Gasteiger partial charge in [-0.2, -0.15) is 4.72 Å². The van der Waals surface area contributed by atoms with Gasteiger partial charge in [-0.3, -0.25) is 9.59 Å². The molecular weight excluding hydrogens is 620 g/mol. The summed E-state index contributed by atoms with van der Waals surface area (Å²) in [7, 11) is -2.84. The number of halogens is 1. The molecule has 4 aromatic rings. The molecule has 2 atom stereocenters. The van der Waals surface area contributed by atoms with E-state index in [4.69, 9.17) is 9.47 Å². The van der Waals surface area contributed by atoms with Crippen molar-refractivity contribution in [3.63, 3.8) is 0 Å². The fourth-order valence-electron chi connectivity index (χ4n) is 4.33. The van der Waals surface area contributed by atoms with Gasteiger partial charge in [-0.15, -0.1) is 0 Å². The van der Waals surface area contributed by atoms with Crippen molar-refractivity contribution in [1.82, 2.24) is 10.0 Å². The van der Waals surface area contributed by atoms with Gasteiger partial charge >= 0.3 is 5.97 Å². The lowest BCUT2D eigenvalue weighted by molar-refractivity contribution is -0.146. The van der Waals surface area contributed by atoms with Crippen LogP contribution >= 0.6 is 15.9 Å². The standard InChI is InChI=1S/C32H31BrN2O6S/c1-40-29-18-17-26(33)21-30(29)42(38,39)35-28(20-24-13-7-3-8-14-24)32(37)41-22-27(19-23-11-5-2-6-12-23)34-31(36)25-15-9-4-10-16-25/h2-18,21,27-28,35H,19-20,22H2,1H3,(H,34,36)/t27-,28-/m0/s1. The normalized spacial score (nSPS) is 12.6. The summed E-state index contributed by atoms with van der Waals surface area (Å²) in [6.45, 7) is -0.167. The molecule has 10 heteroatoms. The highest BCUT2D eigenvalue weighted by molar-refractivity contribution is 9.10. The molecular formula is C32H31BrN2O6S. The van der Waals surface area contributed by atoms with Gasteiger partial charge in [-0.1, -0.05) is 94.8 Å². The lowest BCUT2D eigenvalue weighted by Crippen LogP contribution is -2.46. The fraction of sp³-hybridized carbons (Fsp3) is 0.188.